The van der Waals surface area contributed by atoms with E-state index in [9.17, 15) is 14.7 Å². The first-order valence-corrected chi connectivity index (χ1v) is 7.05. The molecular formula is C14H19N3O4. The van der Waals surface area contributed by atoms with Gasteiger partial charge in [0.25, 0.3) is 5.91 Å². The van der Waals surface area contributed by atoms with Gasteiger partial charge in [-0.05, 0) is 19.4 Å². The van der Waals surface area contributed by atoms with E-state index in [1.54, 1.807) is 22.7 Å². The molecule has 0 unspecified atom stereocenters. The van der Waals surface area contributed by atoms with Gasteiger partial charge >= 0.3 is 5.97 Å². The van der Waals surface area contributed by atoms with Crippen LogP contribution in [0.1, 0.15) is 22.6 Å². The Kier molecular flexibility index (Phi) is 3.24. The van der Waals surface area contributed by atoms with E-state index in [4.69, 9.17) is 4.74 Å². The molecule has 7 nitrogen and oxygen atoms in total. The molecule has 21 heavy (non-hydrogen) atoms. The molecule has 2 atom stereocenters. The van der Waals surface area contributed by atoms with Crippen molar-refractivity contribution in [2.75, 3.05) is 26.3 Å². The van der Waals surface area contributed by atoms with Gasteiger partial charge in [-0.1, -0.05) is 0 Å². The second-order valence-electron chi connectivity index (χ2n) is 5.96. The molecule has 0 spiro atoms. The van der Waals surface area contributed by atoms with E-state index in [1.165, 1.54) is 0 Å². The van der Waals surface area contributed by atoms with E-state index in [0.717, 1.165) is 5.69 Å². The number of ether oxygens (including phenoxy) is 1. The number of aromatic nitrogens is 2. The van der Waals surface area contributed by atoms with Gasteiger partial charge in [0.05, 0.1) is 12.0 Å². The Morgan fingerprint density at radius 1 is 1.52 bits per heavy atom. The predicted molar refractivity (Wildman–Crippen MR) is 72.8 cm³/mol. The number of aliphatic carboxylic acids is 1. The minimum Gasteiger partial charge on any atom is -0.481 e. The Labute approximate surface area is 122 Å². The number of hydrogen-bond donors (Lipinski definition) is 1. The predicted octanol–water partition coefficient (Wildman–Crippen LogP) is 0.292. The largest absolute Gasteiger partial charge is 0.481 e. The van der Waals surface area contributed by atoms with Gasteiger partial charge in [0.15, 0.2) is 5.69 Å². The standard InChI is InChI=1S/C14H19N3O4/c1-9-5-11(15-16(9)2)12(18)17-6-10-7-21-4-3-14(10,8-17)13(19)20/h5,10H,3-4,6-8H2,1-2H3,(H,19,20)/t10-,14+/m0/s1. The van der Waals surface area contributed by atoms with E-state index in [0.29, 0.717) is 31.9 Å². The van der Waals surface area contributed by atoms with E-state index in [2.05, 4.69) is 5.10 Å². The number of amides is 1. The highest BCUT2D eigenvalue weighted by atomic mass is 16.5. The Balaban J connectivity index is 1.85. The molecule has 3 heterocycles. The number of nitrogens with zero attached hydrogens (tertiary/aromatic N) is 3. The third-order valence-electron chi connectivity index (χ3n) is 4.75. The summed E-state index contributed by atoms with van der Waals surface area (Å²) in [4.78, 5) is 25.9. The van der Waals surface area contributed by atoms with Crippen molar-refractivity contribution >= 4 is 11.9 Å². The first-order valence-electron chi connectivity index (χ1n) is 7.05. The highest BCUT2D eigenvalue weighted by Gasteiger charge is 2.55. The normalized spacial score (nSPS) is 28.5. The number of likely N-dealkylation sites (tertiary alicyclic amines) is 1. The molecule has 0 aromatic carbocycles. The summed E-state index contributed by atoms with van der Waals surface area (Å²) in [6.45, 7) is 3.37. The number of rotatable bonds is 2. The fraction of sp³-hybridized carbons (Fsp3) is 0.643. The molecule has 114 valence electrons. The van der Waals surface area contributed by atoms with Crippen molar-refractivity contribution in [2.24, 2.45) is 18.4 Å². The molecular weight excluding hydrogens is 274 g/mol. The lowest BCUT2D eigenvalue weighted by Gasteiger charge is -2.33. The maximum Gasteiger partial charge on any atom is 0.311 e. The first-order chi connectivity index (χ1) is 9.94. The zero-order chi connectivity index (χ0) is 15.2. The molecule has 1 N–H and O–H groups in total. The number of carbonyl (C=O) groups is 2. The SMILES string of the molecule is Cc1cc(C(=O)N2C[C@H]3COCC[C@@]3(C(=O)O)C2)nn1C. The summed E-state index contributed by atoms with van der Waals surface area (Å²) >= 11 is 0. The van der Waals surface area contributed by atoms with Gasteiger partial charge in [0.2, 0.25) is 0 Å². The van der Waals surface area contributed by atoms with E-state index in [1.807, 2.05) is 6.92 Å². The van der Waals surface area contributed by atoms with E-state index >= 15 is 0 Å². The van der Waals surface area contributed by atoms with Crippen LogP contribution in [0.15, 0.2) is 6.07 Å². The van der Waals surface area contributed by atoms with Gasteiger partial charge in [-0.2, -0.15) is 5.10 Å². The maximum absolute atomic E-state index is 12.5. The highest BCUT2D eigenvalue weighted by molar-refractivity contribution is 5.93. The summed E-state index contributed by atoms with van der Waals surface area (Å²) in [6.07, 6.45) is 0.456. The van der Waals surface area contributed by atoms with Gasteiger partial charge in [-0.15, -0.1) is 0 Å². The Morgan fingerprint density at radius 3 is 2.86 bits per heavy atom. The monoisotopic (exact) mass is 293 g/mol. The number of fused-ring (bicyclic) bond motifs is 1. The minimum absolute atomic E-state index is 0.141. The van der Waals surface area contributed by atoms with Crippen molar-refractivity contribution < 1.29 is 19.4 Å². The van der Waals surface area contributed by atoms with Crippen molar-refractivity contribution in [2.45, 2.75) is 13.3 Å². The molecule has 0 radical (unpaired) electrons. The maximum atomic E-state index is 12.5. The van der Waals surface area contributed by atoms with Gasteiger partial charge in [-0.25, -0.2) is 0 Å². The van der Waals surface area contributed by atoms with Crippen molar-refractivity contribution in [1.29, 1.82) is 0 Å². The third kappa shape index (κ3) is 2.12. The summed E-state index contributed by atoms with van der Waals surface area (Å²) < 4.78 is 7.04. The minimum atomic E-state index is -0.863. The highest BCUT2D eigenvalue weighted by Crippen LogP contribution is 2.42. The molecule has 0 aliphatic carbocycles. The molecule has 1 aromatic rings. The van der Waals surface area contributed by atoms with Crippen LogP contribution >= 0.6 is 0 Å². The lowest BCUT2D eigenvalue weighted by Crippen LogP contribution is -2.45. The summed E-state index contributed by atoms with van der Waals surface area (Å²) in [5.74, 6) is -1.17. The average Bonchev–Trinajstić information content (AvgIpc) is 3.00. The molecule has 0 saturated carbocycles. The molecule has 2 aliphatic rings. The van der Waals surface area contributed by atoms with E-state index in [-0.39, 0.29) is 18.4 Å². The van der Waals surface area contributed by atoms with Crippen LogP contribution < -0.4 is 0 Å². The second kappa shape index (κ2) is 4.84. The summed E-state index contributed by atoms with van der Waals surface area (Å²) in [5, 5.41) is 13.8. The molecule has 2 fully saturated rings. The summed E-state index contributed by atoms with van der Waals surface area (Å²) in [7, 11) is 1.78. The van der Waals surface area contributed by atoms with Gasteiger partial charge < -0.3 is 14.7 Å². The van der Waals surface area contributed by atoms with Crippen LogP contribution in [-0.2, 0) is 16.6 Å². The van der Waals surface area contributed by atoms with Crippen molar-refractivity contribution in [3.8, 4) is 0 Å². The third-order valence-corrected chi connectivity index (χ3v) is 4.75. The number of carbonyl (C=O) groups excluding carboxylic acids is 1. The average molecular weight is 293 g/mol. The van der Waals surface area contributed by atoms with Crippen LogP contribution in [0.5, 0.6) is 0 Å². The fourth-order valence-corrected chi connectivity index (χ4v) is 3.28. The Hall–Kier alpha value is -1.89. The van der Waals surface area contributed by atoms with Crippen molar-refractivity contribution in [3.05, 3.63) is 17.5 Å². The number of aryl methyl sites for hydroxylation is 2. The van der Waals surface area contributed by atoms with Crippen LogP contribution in [0.2, 0.25) is 0 Å². The fourth-order valence-electron chi connectivity index (χ4n) is 3.28. The topological polar surface area (TPSA) is 84.7 Å². The molecule has 2 aliphatic heterocycles. The number of hydrogen-bond acceptors (Lipinski definition) is 4. The molecule has 2 saturated heterocycles. The number of carboxylic acid groups (broad SMARTS) is 1. The molecule has 7 heteroatoms. The van der Waals surface area contributed by atoms with Crippen molar-refractivity contribution in [3.63, 3.8) is 0 Å². The van der Waals surface area contributed by atoms with E-state index < -0.39 is 11.4 Å². The van der Waals surface area contributed by atoms with Crippen LogP contribution in [0, 0.1) is 18.3 Å². The quantitative estimate of drug-likeness (QED) is 0.847. The van der Waals surface area contributed by atoms with Crippen LogP contribution in [0.25, 0.3) is 0 Å². The Morgan fingerprint density at radius 2 is 2.29 bits per heavy atom. The zero-order valence-electron chi connectivity index (χ0n) is 12.2. The Bertz CT molecular complexity index is 578. The smallest absolute Gasteiger partial charge is 0.311 e. The second-order valence-corrected chi connectivity index (χ2v) is 5.96. The van der Waals surface area contributed by atoms with Crippen LogP contribution in [0.3, 0.4) is 0 Å². The lowest BCUT2D eigenvalue weighted by molar-refractivity contribution is -0.157. The van der Waals surface area contributed by atoms with Gasteiger partial charge in [-0.3, -0.25) is 14.3 Å². The van der Waals surface area contributed by atoms with Gasteiger partial charge in [0.1, 0.15) is 0 Å². The number of carboxylic acids is 1. The van der Waals surface area contributed by atoms with Crippen molar-refractivity contribution in [1.82, 2.24) is 14.7 Å². The molecule has 3 rings (SSSR count). The van der Waals surface area contributed by atoms with Gasteiger partial charge in [0, 0.05) is 38.4 Å². The van der Waals surface area contributed by atoms with Crippen LogP contribution in [0.4, 0.5) is 0 Å². The lowest BCUT2D eigenvalue weighted by atomic mass is 9.74. The first kappa shape index (κ1) is 14.1. The zero-order valence-corrected chi connectivity index (χ0v) is 12.2. The molecule has 0 bridgehead atoms. The molecule has 1 amide bonds. The summed E-state index contributed by atoms with van der Waals surface area (Å²) in [5.41, 5.74) is 0.402. The molecule has 1 aromatic heterocycles. The van der Waals surface area contributed by atoms with Crippen LogP contribution in [-0.4, -0.2) is 58.0 Å². The summed E-state index contributed by atoms with van der Waals surface area (Å²) in [6, 6.07) is 1.73.